The van der Waals surface area contributed by atoms with Crippen LogP contribution in [0.25, 0.3) is 0 Å². The largest absolute Gasteiger partial charge is 0.494 e. The molecule has 0 aromatic heterocycles. The zero-order valence-electron chi connectivity index (χ0n) is 13.3. The smallest absolute Gasteiger partial charge is 0.282 e. The topological polar surface area (TPSA) is 72.8 Å². The molecule has 0 N–H and O–H groups in total. The second-order valence-electron chi connectivity index (χ2n) is 5.22. The van der Waals surface area contributed by atoms with Gasteiger partial charge < -0.3 is 4.74 Å². The summed E-state index contributed by atoms with van der Waals surface area (Å²) in [7, 11) is -3.92. The molecule has 0 amide bonds. The molecule has 0 radical (unpaired) electrons. The van der Waals surface area contributed by atoms with E-state index in [1.165, 1.54) is 18.2 Å². The molecule has 25 heavy (non-hydrogen) atoms. The highest BCUT2D eigenvalue weighted by Gasteiger charge is 2.24. The van der Waals surface area contributed by atoms with Gasteiger partial charge in [-0.15, -0.1) is 0 Å². The third-order valence-corrected chi connectivity index (χ3v) is 5.47. The summed E-state index contributed by atoms with van der Waals surface area (Å²) >= 11 is 3.17. The molecule has 0 aliphatic heterocycles. The Kier molecular flexibility index (Phi) is 4.87. The molecule has 1 aliphatic carbocycles. The summed E-state index contributed by atoms with van der Waals surface area (Å²) in [4.78, 5) is 12.2. The summed E-state index contributed by atoms with van der Waals surface area (Å²) in [6, 6.07) is 12.8. The number of hydrogen-bond donors (Lipinski definition) is 0. The summed E-state index contributed by atoms with van der Waals surface area (Å²) < 4.78 is 34.7. The number of rotatable bonds is 4. The van der Waals surface area contributed by atoms with Crippen LogP contribution in [-0.4, -0.2) is 26.5 Å². The van der Waals surface area contributed by atoms with Crippen molar-refractivity contribution in [3.8, 4) is 5.75 Å². The molecular formula is C18H14BrNO4S. The van der Waals surface area contributed by atoms with Crippen molar-refractivity contribution in [2.75, 3.05) is 6.61 Å². The maximum Gasteiger partial charge on any atom is 0.282 e. The Labute approximate surface area is 154 Å². The second kappa shape index (κ2) is 6.93. The van der Waals surface area contributed by atoms with Crippen LogP contribution in [0.1, 0.15) is 22.8 Å². The van der Waals surface area contributed by atoms with E-state index in [-0.39, 0.29) is 20.9 Å². The van der Waals surface area contributed by atoms with Crippen LogP contribution in [0.2, 0.25) is 0 Å². The molecule has 7 heteroatoms. The van der Waals surface area contributed by atoms with Gasteiger partial charge in [-0.2, -0.15) is 12.8 Å². The molecule has 0 heterocycles. The van der Waals surface area contributed by atoms with Crippen LogP contribution in [0, 0.1) is 0 Å². The summed E-state index contributed by atoms with van der Waals surface area (Å²) in [6.07, 6.45) is 1.43. The van der Waals surface area contributed by atoms with E-state index < -0.39 is 10.0 Å². The zero-order chi connectivity index (χ0) is 18.0. The number of allylic oxidation sites excluding steroid dienone is 2. The van der Waals surface area contributed by atoms with Crippen molar-refractivity contribution in [1.29, 1.82) is 0 Å². The maximum absolute atomic E-state index is 12.6. The molecule has 2 aromatic rings. The van der Waals surface area contributed by atoms with Crippen LogP contribution in [0.3, 0.4) is 0 Å². The van der Waals surface area contributed by atoms with E-state index in [0.717, 1.165) is 0 Å². The van der Waals surface area contributed by atoms with Crippen LogP contribution >= 0.6 is 15.9 Å². The average molecular weight is 420 g/mol. The quantitative estimate of drug-likeness (QED) is 0.756. The standard InChI is InChI=1S/C18H14BrNO4S/c1-2-24-12-7-9-13(10-8-12)25(22,23)20-17-11-16(19)18(21)15-6-4-3-5-14(15)17/h3-11H,2H2,1H3. The van der Waals surface area contributed by atoms with E-state index in [0.29, 0.717) is 23.5 Å². The molecule has 0 atom stereocenters. The molecular weight excluding hydrogens is 406 g/mol. The molecule has 0 fully saturated rings. The molecule has 1 aliphatic rings. The van der Waals surface area contributed by atoms with E-state index in [1.54, 1.807) is 36.4 Å². The Morgan fingerprint density at radius 2 is 1.68 bits per heavy atom. The molecule has 0 saturated heterocycles. The molecule has 128 valence electrons. The zero-order valence-corrected chi connectivity index (χ0v) is 15.7. The van der Waals surface area contributed by atoms with Gasteiger partial charge in [-0.05, 0) is 53.2 Å². The lowest BCUT2D eigenvalue weighted by Gasteiger charge is -2.14. The number of ketones is 1. The Hall–Kier alpha value is -2.25. The van der Waals surface area contributed by atoms with Gasteiger partial charge in [0, 0.05) is 11.1 Å². The number of carbonyl (C=O) groups excluding carboxylic acids is 1. The molecule has 3 rings (SSSR count). The number of nitrogens with zero attached hydrogens (tertiary/aromatic N) is 1. The van der Waals surface area contributed by atoms with Crippen molar-refractivity contribution in [2.24, 2.45) is 4.40 Å². The van der Waals surface area contributed by atoms with Gasteiger partial charge in [0.15, 0.2) is 0 Å². The van der Waals surface area contributed by atoms with Crippen LogP contribution in [0.5, 0.6) is 5.75 Å². The first-order chi connectivity index (χ1) is 11.9. The number of ether oxygens (including phenoxy) is 1. The number of sulfonamides is 1. The first-order valence-electron chi connectivity index (χ1n) is 7.51. The van der Waals surface area contributed by atoms with Gasteiger partial charge in [0.1, 0.15) is 5.75 Å². The van der Waals surface area contributed by atoms with Gasteiger partial charge in [0.25, 0.3) is 10.0 Å². The maximum atomic E-state index is 12.6. The number of hydrogen-bond acceptors (Lipinski definition) is 4. The van der Waals surface area contributed by atoms with Crippen molar-refractivity contribution in [2.45, 2.75) is 11.8 Å². The highest BCUT2D eigenvalue weighted by atomic mass is 79.9. The number of Topliss-reactive ketones (excluding diaryl/α,β-unsaturated/α-hetero) is 1. The minimum atomic E-state index is -3.92. The fourth-order valence-electron chi connectivity index (χ4n) is 2.43. The highest BCUT2D eigenvalue weighted by molar-refractivity contribution is 9.12. The first kappa shape index (κ1) is 17.6. The lowest BCUT2D eigenvalue weighted by molar-refractivity contribution is 0.104. The van der Waals surface area contributed by atoms with E-state index in [9.17, 15) is 13.2 Å². The van der Waals surface area contributed by atoms with Gasteiger partial charge >= 0.3 is 0 Å². The van der Waals surface area contributed by atoms with Crippen molar-refractivity contribution in [3.05, 3.63) is 70.2 Å². The van der Waals surface area contributed by atoms with Gasteiger partial charge in [0.2, 0.25) is 5.78 Å². The normalized spacial score (nSPS) is 15.7. The van der Waals surface area contributed by atoms with Crippen molar-refractivity contribution >= 4 is 37.4 Å². The third-order valence-electron chi connectivity index (χ3n) is 3.58. The minimum absolute atomic E-state index is 0.0577. The molecule has 0 spiro atoms. The predicted molar refractivity (Wildman–Crippen MR) is 99.1 cm³/mol. The molecule has 5 nitrogen and oxygen atoms in total. The summed E-state index contributed by atoms with van der Waals surface area (Å²) in [5, 5.41) is 0. The number of benzene rings is 2. The van der Waals surface area contributed by atoms with Crippen LogP contribution < -0.4 is 4.74 Å². The van der Waals surface area contributed by atoms with Crippen LogP contribution in [0.4, 0.5) is 0 Å². The summed E-state index contributed by atoms with van der Waals surface area (Å²) in [5.41, 5.74) is 1.12. The SMILES string of the molecule is CCOc1ccc(S(=O)(=O)N=C2C=C(Br)C(=O)c3ccccc32)cc1. The Bertz CT molecular complexity index is 992. The van der Waals surface area contributed by atoms with Crippen LogP contribution in [0.15, 0.2) is 68.4 Å². The van der Waals surface area contributed by atoms with Gasteiger partial charge in [-0.3, -0.25) is 4.79 Å². The molecule has 2 aromatic carbocycles. The molecule has 0 unspecified atom stereocenters. The lowest BCUT2D eigenvalue weighted by Crippen LogP contribution is -2.16. The fourth-order valence-corrected chi connectivity index (χ4v) is 3.85. The monoisotopic (exact) mass is 419 g/mol. The highest BCUT2D eigenvalue weighted by Crippen LogP contribution is 2.26. The number of fused-ring (bicyclic) bond motifs is 1. The first-order valence-corrected chi connectivity index (χ1v) is 9.75. The van der Waals surface area contributed by atoms with Gasteiger partial charge in [0.05, 0.1) is 21.7 Å². The van der Waals surface area contributed by atoms with E-state index in [1.807, 2.05) is 6.92 Å². The summed E-state index contributed by atoms with van der Waals surface area (Å²) in [6.45, 7) is 2.35. The molecule has 0 saturated carbocycles. The predicted octanol–water partition coefficient (Wildman–Crippen LogP) is 3.74. The average Bonchev–Trinajstić information content (AvgIpc) is 2.60. The molecule has 0 bridgehead atoms. The van der Waals surface area contributed by atoms with E-state index >= 15 is 0 Å². The van der Waals surface area contributed by atoms with Crippen LogP contribution in [-0.2, 0) is 10.0 Å². The lowest BCUT2D eigenvalue weighted by atomic mass is 9.94. The minimum Gasteiger partial charge on any atom is -0.494 e. The van der Waals surface area contributed by atoms with Gasteiger partial charge in [-0.1, -0.05) is 24.3 Å². The third kappa shape index (κ3) is 3.57. The fraction of sp³-hybridized carbons (Fsp3) is 0.111. The Morgan fingerprint density at radius 3 is 2.32 bits per heavy atom. The van der Waals surface area contributed by atoms with Crippen molar-refractivity contribution in [3.63, 3.8) is 0 Å². The Morgan fingerprint density at radius 1 is 1.04 bits per heavy atom. The van der Waals surface area contributed by atoms with Gasteiger partial charge in [-0.25, -0.2) is 0 Å². The summed E-state index contributed by atoms with van der Waals surface area (Å²) in [5.74, 6) is 0.387. The van der Waals surface area contributed by atoms with Crippen molar-refractivity contribution in [1.82, 2.24) is 0 Å². The number of halogens is 1. The van der Waals surface area contributed by atoms with Crippen molar-refractivity contribution < 1.29 is 17.9 Å². The Balaban J connectivity index is 2.05. The van der Waals surface area contributed by atoms with E-state index in [4.69, 9.17) is 4.74 Å². The second-order valence-corrected chi connectivity index (χ2v) is 7.68. The van der Waals surface area contributed by atoms with E-state index in [2.05, 4.69) is 20.3 Å². The number of carbonyl (C=O) groups is 1.